The van der Waals surface area contributed by atoms with Gasteiger partial charge in [-0.25, -0.2) is 0 Å². The predicted octanol–water partition coefficient (Wildman–Crippen LogP) is 0.0516. The molecule has 2 amide bonds. The Labute approximate surface area is 113 Å². The number of anilines is 1. The first-order valence-electron chi connectivity index (χ1n) is 5.22. The summed E-state index contributed by atoms with van der Waals surface area (Å²) in [5, 5.41) is 13.4. The highest BCUT2D eigenvalue weighted by Crippen LogP contribution is 2.23. The maximum Gasteiger partial charge on any atom is 0.322 e. The molecule has 0 saturated carbocycles. The number of benzene rings is 1. The normalized spacial score (nSPS) is 9.74. The number of nitrogens with one attached hydrogen (secondary N) is 2. The Morgan fingerprint density at radius 2 is 1.95 bits per heavy atom. The summed E-state index contributed by atoms with van der Waals surface area (Å²) in [5.74, 6) is -2.40. The van der Waals surface area contributed by atoms with Gasteiger partial charge in [0.1, 0.15) is 6.54 Å². The Bertz CT molecular complexity index is 519. The van der Waals surface area contributed by atoms with Gasteiger partial charge >= 0.3 is 5.97 Å². The van der Waals surface area contributed by atoms with Crippen LogP contribution < -0.4 is 16.4 Å². The van der Waals surface area contributed by atoms with E-state index in [1.165, 1.54) is 12.1 Å². The van der Waals surface area contributed by atoms with Crippen molar-refractivity contribution < 1.29 is 19.5 Å². The largest absolute Gasteiger partial charge is 0.480 e. The van der Waals surface area contributed by atoms with E-state index < -0.39 is 24.3 Å². The van der Waals surface area contributed by atoms with E-state index in [2.05, 4.69) is 10.6 Å². The van der Waals surface area contributed by atoms with E-state index in [4.69, 9.17) is 22.4 Å². The number of primary amides is 1. The zero-order chi connectivity index (χ0) is 14.4. The summed E-state index contributed by atoms with van der Waals surface area (Å²) in [5.41, 5.74) is 5.57. The molecule has 0 heterocycles. The van der Waals surface area contributed by atoms with Crippen molar-refractivity contribution in [2.75, 3.05) is 18.4 Å². The van der Waals surface area contributed by atoms with Crippen LogP contribution in [-0.4, -0.2) is 36.0 Å². The molecule has 7 nitrogen and oxygen atoms in total. The Kier molecular flexibility index (Phi) is 5.13. The zero-order valence-electron chi connectivity index (χ0n) is 9.77. The molecule has 0 aromatic heterocycles. The number of hydrogen-bond donors (Lipinski definition) is 4. The zero-order valence-corrected chi connectivity index (χ0v) is 10.5. The minimum atomic E-state index is -1.14. The number of carboxylic acid groups (broad SMARTS) is 1. The summed E-state index contributed by atoms with van der Waals surface area (Å²) in [7, 11) is 0. The van der Waals surface area contributed by atoms with Gasteiger partial charge in [-0.15, -0.1) is 0 Å². The molecule has 0 bridgehead atoms. The smallest absolute Gasteiger partial charge is 0.322 e. The quantitative estimate of drug-likeness (QED) is 0.588. The van der Waals surface area contributed by atoms with Crippen LogP contribution in [0, 0.1) is 0 Å². The van der Waals surface area contributed by atoms with Crippen molar-refractivity contribution in [2.45, 2.75) is 0 Å². The highest BCUT2D eigenvalue weighted by Gasteiger charge is 2.13. The third kappa shape index (κ3) is 4.47. The second kappa shape index (κ2) is 6.60. The number of halogens is 1. The maximum absolute atomic E-state index is 11.3. The summed E-state index contributed by atoms with van der Waals surface area (Å²) in [6.07, 6.45) is 0. The van der Waals surface area contributed by atoms with Crippen LogP contribution >= 0.6 is 11.6 Å². The third-order valence-electron chi connectivity index (χ3n) is 2.14. The predicted molar refractivity (Wildman–Crippen MR) is 69.1 cm³/mol. The third-order valence-corrected chi connectivity index (χ3v) is 2.45. The maximum atomic E-state index is 11.3. The van der Waals surface area contributed by atoms with E-state index in [1.54, 1.807) is 6.07 Å². The molecule has 1 rings (SSSR count). The monoisotopic (exact) mass is 285 g/mol. The number of carboxylic acids is 1. The molecular weight excluding hydrogens is 274 g/mol. The van der Waals surface area contributed by atoms with Gasteiger partial charge in [0.05, 0.1) is 17.1 Å². The van der Waals surface area contributed by atoms with E-state index in [0.29, 0.717) is 5.69 Å². The Morgan fingerprint density at radius 1 is 1.26 bits per heavy atom. The van der Waals surface area contributed by atoms with Crippen LogP contribution in [0.25, 0.3) is 0 Å². The molecule has 0 atom stereocenters. The average molecular weight is 286 g/mol. The van der Waals surface area contributed by atoms with E-state index in [9.17, 15) is 14.4 Å². The summed E-state index contributed by atoms with van der Waals surface area (Å²) in [4.78, 5) is 32.8. The van der Waals surface area contributed by atoms with Gasteiger partial charge in [-0.3, -0.25) is 14.4 Å². The Balaban J connectivity index is 2.68. The number of rotatable bonds is 6. The SMILES string of the molecule is NC(=O)c1c(Cl)cccc1NCC(=O)NCC(=O)O. The number of carbonyl (C=O) groups is 3. The van der Waals surface area contributed by atoms with Gasteiger partial charge in [-0.05, 0) is 12.1 Å². The van der Waals surface area contributed by atoms with Crippen LogP contribution in [-0.2, 0) is 9.59 Å². The van der Waals surface area contributed by atoms with Crippen LogP contribution in [0.2, 0.25) is 5.02 Å². The van der Waals surface area contributed by atoms with Gasteiger partial charge in [0.2, 0.25) is 5.91 Å². The lowest BCUT2D eigenvalue weighted by Crippen LogP contribution is -2.34. The highest BCUT2D eigenvalue weighted by atomic mass is 35.5. The van der Waals surface area contributed by atoms with Crippen LogP contribution in [0.4, 0.5) is 5.69 Å². The molecule has 0 unspecified atom stereocenters. The topological polar surface area (TPSA) is 122 Å². The van der Waals surface area contributed by atoms with Gasteiger partial charge in [0.25, 0.3) is 5.91 Å². The van der Waals surface area contributed by atoms with Crippen molar-refractivity contribution in [3.8, 4) is 0 Å². The Morgan fingerprint density at radius 3 is 2.53 bits per heavy atom. The molecule has 0 saturated heterocycles. The molecule has 8 heteroatoms. The van der Waals surface area contributed by atoms with Crippen molar-refractivity contribution in [3.63, 3.8) is 0 Å². The van der Waals surface area contributed by atoms with Crippen LogP contribution in [0.15, 0.2) is 18.2 Å². The lowest BCUT2D eigenvalue weighted by Gasteiger charge is -2.10. The van der Waals surface area contributed by atoms with Gasteiger partial charge in [0.15, 0.2) is 0 Å². The van der Waals surface area contributed by atoms with Gasteiger partial charge in [0, 0.05) is 5.69 Å². The van der Waals surface area contributed by atoms with Crippen molar-refractivity contribution in [1.82, 2.24) is 5.32 Å². The standard InChI is InChI=1S/C11H12ClN3O4/c12-6-2-1-3-7(10(6)11(13)19)14-4-8(16)15-5-9(17)18/h1-3,14H,4-5H2,(H2,13,19)(H,15,16)(H,17,18). The first kappa shape index (κ1) is 14.8. The summed E-state index contributed by atoms with van der Waals surface area (Å²) < 4.78 is 0. The second-order valence-corrected chi connectivity index (χ2v) is 3.96. The highest BCUT2D eigenvalue weighted by molar-refractivity contribution is 6.34. The van der Waals surface area contributed by atoms with Crippen LogP contribution in [0.1, 0.15) is 10.4 Å². The molecular formula is C11H12ClN3O4. The minimum absolute atomic E-state index is 0.0789. The van der Waals surface area contributed by atoms with Crippen molar-refractivity contribution in [3.05, 3.63) is 28.8 Å². The summed E-state index contributed by atoms with van der Waals surface area (Å²) in [6, 6.07) is 4.63. The molecule has 0 fully saturated rings. The number of hydrogen-bond acceptors (Lipinski definition) is 4. The second-order valence-electron chi connectivity index (χ2n) is 3.55. The van der Waals surface area contributed by atoms with Gasteiger partial charge < -0.3 is 21.5 Å². The van der Waals surface area contributed by atoms with Crippen LogP contribution in [0.5, 0.6) is 0 Å². The van der Waals surface area contributed by atoms with E-state index in [0.717, 1.165) is 0 Å². The summed E-state index contributed by atoms with van der Waals surface area (Å²) in [6.45, 7) is -0.674. The lowest BCUT2D eigenvalue weighted by molar-refractivity contribution is -0.137. The van der Waals surface area contributed by atoms with Crippen molar-refractivity contribution in [1.29, 1.82) is 0 Å². The molecule has 0 aliphatic heterocycles. The first-order chi connectivity index (χ1) is 8.91. The fourth-order valence-corrected chi connectivity index (χ4v) is 1.60. The molecule has 1 aromatic rings. The molecule has 1 aromatic carbocycles. The number of nitrogens with two attached hydrogens (primary N) is 1. The Hall–Kier alpha value is -2.28. The molecule has 0 spiro atoms. The average Bonchev–Trinajstić information content (AvgIpc) is 2.33. The fourth-order valence-electron chi connectivity index (χ4n) is 1.33. The molecule has 102 valence electrons. The number of carbonyl (C=O) groups excluding carboxylic acids is 2. The number of aliphatic carboxylic acids is 1. The molecule has 5 N–H and O–H groups in total. The van der Waals surface area contributed by atoms with E-state index in [-0.39, 0.29) is 17.1 Å². The molecule has 0 aliphatic rings. The van der Waals surface area contributed by atoms with Crippen molar-refractivity contribution >= 4 is 35.1 Å². The lowest BCUT2D eigenvalue weighted by atomic mass is 10.1. The molecule has 0 aliphatic carbocycles. The van der Waals surface area contributed by atoms with Crippen LogP contribution in [0.3, 0.4) is 0 Å². The van der Waals surface area contributed by atoms with E-state index >= 15 is 0 Å². The summed E-state index contributed by atoms with van der Waals surface area (Å²) >= 11 is 5.82. The number of amides is 2. The fraction of sp³-hybridized carbons (Fsp3) is 0.182. The minimum Gasteiger partial charge on any atom is -0.480 e. The van der Waals surface area contributed by atoms with Gasteiger partial charge in [-0.1, -0.05) is 17.7 Å². The molecule has 19 heavy (non-hydrogen) atoms. The van der Waals surface area contributed by atoms with Crippen molar-refractivity contribution in [2.24, 2.45) is 5.73 Å². The van der Waals surface area contributed by atoms with Gasteiger partial charge in [-0.2, -0.15) is 0 Å². The molecule has 0 radical (unpaired) electrons. The first-order valence-corrected chi connectivity index (χ1v) is 5.60. The van der Waals surface area contributed by atoms with E-state index in [1.807, 2.05) is 0 Å².